The largest absolute Gasteiger partial charge is 0.433 e. The van der Waals surface area contributed by atoms with Gasteiger partial charge in [-0.3, -0.25) is 0 Å². The topological polar surface area (TPSA) is 50.2 Å². The summed E-state index contributed by atoms with van der Waals surface area (Å²) in [5.74, 6) is -0.298. The molecule has 9 heteroatoms. The maximum absolute atomic E-state index is 13.2. The molecule has 4 nitrogen and oxygen atoms in total. The van der Waals surface area contributed by atoms with E-state index in [2.05, 4.69) is 20.5 Å². The number of benzene rings is 1. The SMILES string of the molecule is CCc1ccc(-c2cc(C(F)(F)F)nc(N/N=C\c3ccc(F)s3)n2)cc1. The highest BCUT2D eigenvalue weighted by atomic mass is 32.1. The second kappa shape index (κ2) is 7.83. The standard InChI is InChI=1S/C18H14F4N4S/c1-2-11-3-5-12(6-4-11)14-9-15(18(20,21)22)25-17(24-14)26-23-10-13-7-8-16(19)27-13/h3-10H,2H2,1H3,(H,24,25,26)/b23-10-. The number of aryl methyl sites for hydroxylation is 1. The molecule has 0 saturated heterocycles. The van der Waals surface area contributed by atoms with E-state index in [0.717, 1.165) is 29.4 Å². The van der Waals surface area contributed by atoms with Crippen LogP contribution in [-0.4, -0.2) is 16.2 Å². The Balaban J connectivity index is 1.91. The van der Waals surface area contributed by atoms with Crippen LogP contribution in [0.15, 0.2) is 47.6 Å². The van der Waals surface area contributed by atoms with Crippen LogP contribution in [0.4, 0.5) is 23.5 Å². The lowest BCUT2D eigenvalue weighted by Gasteiger charge is -2.10. The van der Waals surface area contributed by atoms with E-state index in [1.165, 1.54) is 18.3 Å². The van der Waals surface area contributed by atoms with Crippen molar-refractivity contribution in [1.29, 1.82) is 0 Å². The molecule has 0 bridgehead atoms. The molecular weight excluding hydrogens is 380 g/mol. The molecule has 3 aromatic rings. The zero-order valence-electron chi connectivity index (χ0n) is 14.1. The lowest BCUT2D eigenvalue weighted by molar-refractivity contribution is -0.141. The number of hydrogen-bond donors (Lipinski definition) is 1. The Morgan fingerprint density at radius 3 is 2.44 bits per heavy atom. The van der Waals surface area contributed by atoms with E-state index < -0.39 is 11.9 Å². The summed E-state index contributed by atoms with van der Waals surface area (Å²) in [4.78, 5) is 8.07. The number of anilines is 1. The van der Waals surface area contributed by atoms with E-state index in [1.54, 1.807) is 12.1 Å². The number of alkyl halides is 3. The van der Waals surface area contributed by atoms with Gasteiger partial charge in [0, 0.05) is 5.56 Å². The number of hydrogen-bond acceptors (Lipinski definition) is 5. The summed E-state index contributed by atoms with van der Waals surface area (Å²) in [6.45, 7) is 1.99. The van der Waals surface area contributed by atoms with Gasteiger partial charge in [0.15, 0.2) is 10.8 Å². The second-order valence-electron chi connectivity index (χ2n) is 5.52. The molecule has 0 aliphatic heterocycles. The lowest BCUT2D eigenvalue weighted by atomic mass is 10.1. The quantitative estimate of drug-likeness (QED) is 0.360. The normalized spacial score (nSPS) is 11.9. The molecule has 1 aromatic carbocycles. The van der Waals surface area contributed by atoms with Crippen molar-refractivity contribution in [2.75, 3.05) is 5.43 Å². The van der Waals surface area contributed by atoms with E-state index in [-0.39, 0.29) is 16.8 Å². The first-order valence-corrected chi connectivity index (χ1v) is 8.77. The van der Waals surface area contributed by atoms with Crippen LogP contribution in [0, 0.1) is 5.13 Å². The lowest BCUT2D eigenvalue weighted by Crippen LogP contribution is -2.11. The summed E-state index contributed by atoms with van der Waals surface area (Å²) in [5, 5.41) is 3.40. The van der Waals surface area contributed by atoms with E-state index in [9.17, 15) is 17.6 Å². The van der Waals surface area contributed by atoms with E-state index in [4.69, 9.17) is 0 Å². The summed E-state index contributed by atoms with van der Waals surface area (Å²) >= 11 is 0.857. The van der Waals surface area contributed by atoms with Gasteiger partial charge >= 0.3 is 6.18 Å². The molecule has 1 N–H and O–H groups in total. The Morgan fingerprint density at radius 2 is 1.85 bits per heavy atom. The molecule has 0 saturated carbocycles. The molecule has 0 aliphatic carbocycles. The van der Waals surface area contributed by atoms with Crippen LogP contribution in [-0.2, 0) is 12.6 Å². The molecular formula is C18H14F4N4S. The molecule has 0 fully saturated rings. The van der Waals surface area contributed by atoms with Gasteiger partial charge in [-0.25, -0.2) is 15.4 Å². The molecule has 3 rings (SSSR count). The molecule has 0 spiro atoms. The van der Waals surface area contributed by atoms with Crippen molar-refractivity contribution in [3.63, 3.8) is 0 Å². The van der Waals surface area contributed by atoms with Gasteiger partial charge in [0.1, 0.15) is 0 Å². The van der Waals surface area contributed by atoms with Crippen LogP contribution >= 0.6 is 11.3 Å². The predicted octanol–water partition coefficient (Wildman–Crippen LogP) is 5.37. The van der Waals surface area contributed by atoms with Crippen LogP contribution in [0.3, 0.4) is 0 Å². The number of nitrogens with zero attached hydrogens (tertiary/aromatic N) is 3. The van der Waals surface area contributed by atoms with Crippen molar-refractivity contribution in [2.24, 2.45) is 5.10 Å². The Morgan fingerprint density at radius 1 is 1.11 bits per heavy atom. The molecule has 0 unspecified atom stereocenters. The van der Waals surface area contributed by atoms with Crippen molar-refractivity contribution < 1.29 is 17.6 Å². The van der Waals surface area contributed by atoms with Crippen molar-refractivity contribution >= 4 is 23.5 Å². The minimum Gasteiger partial charge on any atom is -0.245 e. The van der Waals surface area contributed by atoms with Gasteiger partial charge in [0.2, 0.25) is 5.95 Å². The van der Waals surface area contributed by atoms with Crippen LogP contribution in [0.1, 0.15) is 23.1 Å². The third-order valence-corrected chi connectivity index (χ3v) is 4.43. The Labute approximate surface area is 156 Å². The molecule has 2 heterocycles. The van der Waals surface area contributed by atoms with Gasteiger partial charge in [0.25, 0.3) is 0 Å². The van der Waals surface area contributed by atoms with Crippen LogP contribution in [0.25, 0.3) is 11.3 Å². The summed E-state index contributed by atoms with van der Waals surface area (Å²) in [6, 6.07) is 10.8. The monoisotopic (exact) mass is 394 g/mol. The van der Waals surface area contributed by atoms with Gasteiger partial charge in [-0.2, -0.15) is 22.7 Å². The zero-order chi connectivity index (χ0) is 19.4. The van der Waals surface area contributed by atoms with E-state index >= 15 is 0 Å². The molecule has 0 aliphatic rings. The zero-order valence-corrected chi connectivity index (χ0v) is 14.9. The first kappa shape index (κ1) is 19.0. The molecule has 0 amide bonds. The van der Waals surface area contributed by atoms with Crippen molar-refractivity contribution in [1.82, 2.24) is 9.97 Å². The third kappa shape index (κ3) is 4.88. The third-order valence-electron chi connectivity index (χ3n) is 3.62. The summed E-state index contributed by atoms with van der Waals surface area (Å²) in [5.41, 5.74) is 3.03. The van der Waals surface area contributed by atoms with Gasteiger partial charge in [-0.1, -0.05) is 31.2 Å². The second-order valence-corrected chi connectivity index (χ2v) is 6.59. The minimum atomic E-state index is -4.63. The van der Waals surface area contributed by atoms with Crippen molar-refractivity contribution in [3.05, 3.63) is 63.7 Å². The van der Waals surface area contributed by atoms with Gasteiger partial charge in [-0.15, -0.1) is 11.3 Å². The van der Waals surface area contributed by atoms with Crippen molar-refractivity contribution in [2.45, 2.75) is 19.5 Å². The first-order valence-electron chi connectivity index (χ1n) is 7.95. The summed E-state index contributed by atoms with van der Waals surface area (Å²) in [7, 11) is 0. The predicted molar refractivity (Wildman–Crippen MR) is 97.3 cm³/mol. The smallest absolute Gasteiger partial charge is 0.245 e. The highest BCUT2D eigenvalue weighted by molar-refractivity contribution is 7.12. The van der Waals surface area contributed by atoms with E-state index in [1.807, 2.05) is 19.1 Å². The van der Waals surface area contributed by atoms with Gasteiger partial charge in [0.05, 0.1) is 16.8 Å². The molecule has 0 atom stereocenters. The number of hydrazone groups is 1. The Kier molecular flexibility index (Phi) is 5.50. The molecule has 140 valence electrons. The number of nitrogens with one attached hydrogen (secondary N) is 1. The fourth-order valence-electron chi connectivity index (χ4n) is 2.25. The highest BCUT2D eigenvalue weighted by Crippen LogP contribution is 2.31. The first-order chi connectivity index (χ1) is 12.8. The van der Waals surface area contributed by atoms with Crippen LogP contribution in [0.5, 0.6) is 0 Å². The average molecular weight is 394 g/mol. The van der Waals surface area contributed by atoms with Crippen molar-refractivity contribution in [3.8, 4) is 11.3 Å². The van der Waals surface area contributed by atoms with E-state index in [0.29, 0.717) is 10.4 Å². The molecule has 27 heavy (non-hydrogen) atoms. The summed E-state index contributed by atoms with van der Waals surface area (Å²) in [6.07, 6.45) is -2.52. The summed E-state index contributed by atoms with van der Waals surface area (Å²) < 4.78 is 52.5. The fourth-order valence-corrected chi connectivity index (χ4v) is 2.86. The van der Waals surface area contributed by atoms with Crippen LogP contribution < -0.4 is 5.43 Å². The highest BCUT2D eigenvalue weighted by Gasteiger charge is 2.33. The number of halogens is 4. The number of rotatable bonds is 5. The molecule has 2 aromatic heterocycles. The van der Waals surface area contributed by atoms with Gasteiger partial charge < -0.3 is 0 Å². The molecule has 0 radical (unpaired) electrons. The number of thiophene rings is 1. The Bertz CT molecular complexity index is 949. The van der Waals surface area contributed by atoms with Gasteiger partial charge in [-0.05, 0) is 30.2 Å². The Hall–Kier alpha value is -2.81. The maximum atomic E-state index is 13.2. The minimum absolute atomic E-state index is 0.125. The van der Waals surface area contributed by atoms with Crippen LogP contribution in [0.2, 0.25) is 0 Å². The fraction of sp³-hybridized carbons (Fsp3) is 0.167. The average Bonchev–Trinajstić information content (AvgIpc) is 3.06. The maximum Gasteiger partial charge on any atom is 0.433 e. The number of aromatic nitrogens is 2.